The average Bonchev–Trinajstić information content (AvgIpc) is 2.92. The second kappa shape index (κ2) is 9.15. The van der Waals surface area contributed by atoms with Crippen LogP contribution in [0, 0.1) is 0 Å². The Morgan fingerprint density at radius 3 is 1.21 bits per heavy atom. The molecule has 1 unspecified atom stereocenters. The highest BCUT2D eigenvalue weighted by atomic mass is 32.0. The van der Waals surface area contributed by atoms with Crippen molar-refractivity contribution in [3.05, 3.63) is 133 Å². The van der Waals surface area contributed by atoms with E-state index in [0.29, 0.717) is 0 Å². The minimum absolute atomic E-state index is 0.654. The summed E-state index contributed by atoms with van der Waals surface area (Å²) in [6.07, 6.45) is 0. The van der Waals surface area contributed by atoms with Gasteiger partial charge in [0.2, 0.25) is 0 Å². The molecule has 0 radical (unpaired) electrons. The largest absolute Gasteiger partial charge is 0.102 e. The quantitative estimate of drug-likeness (QED) is 0.227. The number of hydrogen-bond donors (Lipinski definition) is 0. The molecule has 0 aromatic heterocycles. The van der Waals surface area contributed by atoms with E-state index in [1.165, 1.54) is 54.4 Å². The normalized spacial score (nSPS) is 11.4. The lowest BCUT2D eigenvalue weighted by molar-refractivity contribution is 1.67. The van der Waals surface area contributed by atoms with Crippen LogP contribution < -0.4 is 10.6 Å². The third-order valence-electron chi connectivity index (χ3n) is 6.49. The summed E-state index contributed by atoms with van der Waals surface area (Å²) in [7, 11) is 2.54. The second-order valence-corrected chi connectivity index (χ2v) is 11.7. The van der Waals surface area contributed by atoms with Crippen LogP contribution in [0.2, 0.25) is 0 Å². The van der Waals surface area contributed by atoms with E-state index in [2.05, 4.69) is 142 Å². The lowest BCUT2D eigenvalue weighted by Crippen LogP contribution is -2.13. The maximum atomic E-state index is 3.20. The van der Waals surface area contributed by atoms with Crippen molar-refractivity contribution < 1.29 is 0 Å². The van der Waals surface area contributed by atoms with E-state index in [-0.39, 0.29) is 0 Å². The monoisotopic (exact) mass is 470 g/mol. The van der Waals surface area contributed by atoms with Crippen LogP contribution in [0.3, 0.4) is 0 Å². The van der Waals surface area contributed by atoms with Crippen LogP contribution in [0.25, 0.3) is 43.8 Å². The molecular formula is C32H24P2. The maximum Gasteiger partial charge on any atom is -0.00784 e. The maximum absolute atomic E-state index is 3.20. The molecule has 162 valence electrons. The molecule has 2 heteroatoms. The van der Waals surface area contributed by atoms with Crippen molar-refractivity contribution in [2.45, 2.75) is 0 Å². The van der Waals surface area contributed by atoms with Gasteiger partial charge in [0, 0.05) is 0 Å². The molecule has 1 atom stereocenters. The third-order valence-corrected chi connectivity index (χ3v) is 9.97. The summed E-state index contributed by atoms with van der Waals surface area (Å²) >= 11 is 0. The third kappa shape index (κ3) is 3.74. The van der Waals surface area contributed by atoms with Gasteiger partial charge in [0.1, 0.15) is 0 Å². The van der Waals surface area contributed by atoms with Gasteiger partial charge in [-0.25, -0.2) is 0 Å². The van der Waals surface area contributed by atoms with Gasteiger partial charge in [-0.1, -0.05) is 133 Å². The highest BCUT2D eigenvalue weighted by molar-refractivity contribution is 8.21. The molecular weight excluding hydrogens is 446 g/mol. The summed E-state index contributed by atoms with van der Waals surface area (Å²) in [5, 5.41) is 7.91. The first-order valence-corrected chi connectivity index (χ1v) is 14.5. The van der Waals surface area contributed by atoms with Crippen molar-refractivity contribution >= 4 is 48.7 Å². The van der Waals surface area contributed by atoms with Gasteiger partial charge >= 0.3 is 0 Å². The molecule has 0 spiro atoms. The van der Waals surface area contributed by atoms with Gasteiger partial charge in [0.05, 0.1) is 0 Å². The van der Waals surface area contributed by atoms with E-state index >= 15 is 0 Å². The molecule has 0 aliphatic rings. The van der Waals surface area contributed by atoms with Gasteiger partial charge in [-0.05, 0) is 62.0 Å². The van der Waals surface area contributed by atoms with Gasteiger partial charge in [-0.3, -0.25) is 0 Å². The number of fused-ring (bicyclic) bond motifs is 2. The minimum atomic E-state index is -0.654. The summed E-state index contributed by atoms with van der Waals surface area (Å²) in [5.41, 5.74) is 5.22. The SMILES string of the molecule is PP(c1ccccc1-c1cccc2ccccc12)c1ccccc1-c1cccc2ccccc12. The topological polar surface area (TPSA) is 0 Å². The van der Waals surface area contributed by atoms with E-state index in [0.717, 1.165) is 0 Å². The first-order chi connectivity index (χ1) is 16.8. The minimum Gasteiger partial charge on any atom is -0.102 e. The van der Waals surface area contributed by atoms with Gasteiger partial charge in [-0.2, -0.15) is 0 Å². The Morgan fingerprint density at radius 2 is 0.706 bits per heavy atom. The Labute approximate surface area is 204 Å². The standard InChI is InChI=1S/C32H24P2/c33-34(31-21-7-5-17-29(31)27-19-9-13-23-11-1-3-15-25(23)27)32-22-8-6-18-30(32)28-20-10-14-24-12-2-4-16-26(24)28/h1-22H,33H2. The van der Waals surface area contributed by atoms with Crippen molar-refractivity contribution in [3.63, 3.8) is 0 Å². The van der Waals surface area contributed by atoms with E-state index < -0.39 is 7.61 Å². The first kappa shape index (κ1) is 21.2. The predicted molar refractivity (Wildman–Crippen MR) is 155 cm³/mol. The molecule has 6 aromatic carbocycles. The van der Waals surface area contributed by atoms with Crippen LogP contribution >= 0.6 is 16.5 Å². The van der Waals surface area contributed by atoms with Crippen LogP contribution in [-0.4, -0.2) is 0 Å². The highest BCUT2D eigenvalue weighted by Gasteiger charge is 2.19. The van der Waals surface area contributed by atoms with Gasteiger partial charge in [0.25, 0.3) is 0 Å². The first-order valence-electron chi connectivity index (χ1n) is 11.5. The Kier molecular flexibility index (Phi) is 5.72. The molecule has 0 nitrogen and oxygen atoms in total. The lowest BCUT2D eigenvalue weighted by Gasteiger charge is -2.21. The molecule has 0 bridgehead atoms. The highest BCUT2D eigenvalue weighted by Crippen LogP contribution is 2.48. The second-order valence-electron chi connectivity index (χ2n) is 8.46. The fourth-order valence-electron chi connectivity index (χ4n) is 4.87. The van der Waals surface area contributed by atoms with E-state index in [4.69, 9.17) is 0 Å². The van der Waals surface area contributed by atoms with Crippen molar-refractivity contribution in [2.24, 2.45) is 0 Å². The smallest absolute Gasteiger partial charge is 0.00784 e. The molecule has 0 aliphatic heterocycles. The molecule has 0 fully saturated rings. The molecule has 6 aromatic rings. The molecule has 34 heavy (non-hydrogen) atoms. The zero-order chi connectivity index (χ0) is 22.9. The van der Waals surface area contributed by atoms with Gasteiger partial charge in [-0.15, -0.1) is 8.93 Å². The van der Waals surface area contributed by atoms with Crippen LogP contribution in [-0.2, 0) is 0 Å². The van der Waals surface area contributed by atoms with Gasteiger partial charge < -0.3 is 0 Å². The van der Waals surface area contributed by atoms with E-state index in [1.54, 1.807) is 0 Å². The molecule has 0 saturated heterocycles. The molecule has 0 aliphatic carbocycles. The molecule has 0 saturated carbocycles. The summed E-state index contributed by atoms with van der Waals surface area (Å²) in [4.78, 5) is 0. The number of rotatable bonds is 4. The zero-order valence-corrected chi connectivity index (χ0v) is 20.8. The zero-order valence-electron chi connectivity index (χ0n) is 18.7. The lowest BCUT2D eigenvalue weighted by atomic mass is 9.98. The van der Waals surface area contributed by atoms with Crippen LogP contribution in [0.1, 0.15) is 0 Å². The summed E-state index contributed by atoms with van der Waals surface area (Å²) < 4.78 is 0. The molecule has 0 amide bonds. The number of benzene rings is 6. The van der Waals surface area contributed by atoms with Crippen molar-refractivity contribution in [1.82, 2.24) is 0 Å². The van der Waals surface area contributed by atoms with Gasteiger partial charge in [0.15, 0.2) is 0 Å². The fraction of sp³-hybridized carbons (Fsp3) is 0. The predicted octanol–water partition coefficient (Wildman–Crippen LogP) is 8.55. The van der Waals surface area contributed by atoms with Crippen molar-refractivity contribution in [3.8, 4) is 22.3 Å². The van der Waals surface area contributed by atoms with Crippen LogP contribution in [0.15, 0.2) is 133 Å². The van der Waals surface area contributed by atoms with E-state index in [9.17, 15) is 0 Å². The molecule has 6 rings (SSSR count). The Hall–Kier alpha value is -3.30. The fourth-order valence-corrected chi connectivity index (χ4v) is 7.89. The summed E-state index contributed by atoms with van der Waals surface area (Å²) in [6.45, 7) is 0. The average molecular weight is 470 g/mol. The van der Waals surface area contributed by atoms with Crippen LogP contribution in [0.4, 0.5) is 0 Å². The number of hydrogen-bond acceptors (Lipinski definition) is 0. The Morgan fingerprint density at radius 1 is 0.353 bits per heavy atom. The summed E-state index contributed by atoms with van der Waals surface area (Å²) in [6, 6.07) is 48.4. The van der Waals surface area contributed by atoms with Crippen molar-refractivity contribution in [2.75, 3.05) is 0 Å². The Balaban J connectivity index is 1.54. The van der Waals surface area contributed by atoms with Crippen LogP contribution in [0.5, 0.6) is 0 Å². The molecule has 0 heterocycles. The van der Waals surface area contributed by atoms with E-state index in [1.807, 2.05) is 0 Å². The van der Waals surface area contributed by atoms with Crippen molar-refractivity contribution in [1.29, 1.82) is 0 Å². The molecule has 0 N–H and O–H groups in total. The Bertz CT molecular complexity index is 1500. The summed E-state index contributed by atoms with van der Waals surface area (Å²) in [5.74, 6) is 0.